The molecule has 0 spiro atoms. The van der Waals surface area contributed by atoms with Gasteiger partial charge in [0.1, 0.15) is 5.75 Å². The summed E-state index contributed by atoms with van der Waals surface area (Å²) >= 11 is 0. The number of phenolic OH excluding ortho intramolecular Hbond substituents is 1. The number of nitro benzene ring substituents is 1. The van der Waals surface area contributed by atoms with Crippen molar-refractivity contribution in [2.75, 3.05) is 0 Å². The molecule has 0 bridgehead atoms. The maximum Gasteiger partial charge on any atom is 0.270 e. The number of phenols is 1. The number of aromatic hydroxyl groups is 1. The molecule has 0 unspecified atom stereocenters. The van der Waals surface area contributed by atoms with Crippen molar-refractivity contribution in [1.29, 1.82) is 5.41 Å². The monoisotopic (exact) mass is 223 g/mol. The summed E-state index contributed by atoms with van der Waals surface area (Å²) in [5.74, 6) is -0.527. The zero-order valence-electron chi connectivity index (χ0n) is 8.04. The number of hydrazone groups is 1. The summed E-state index contributed by atoms with van der Waals surface area (Å²) in [6.07, 6.45) is 1.13. The van der Waals surface area contributed by atoms with Crippen LogP contribution in [-0.2, 0) is 0 Å². The highest BCUT2D eigenvalue weighted by atomic mass is 16.6. The Hall–Kier alpha value is -2.64. The van der Waals surface area contributed by atoms with E-state index in [1.165, 1.54) is 12.1 Å². The van der Waals surface area contributed by atoms with Crippen LogP contribution in [0.3, 0.4) is 0 Å². The lowest BCUT2D eigenvalue weighted by molar-refractivity contribution is -0.384. The first-order valence-corrected chi connectivity index (χ1v) is 4.11. The summed E-state index contributed by atoms with van der Waals surface area (Å²) < 4.78 is 0. The summed E-state index contributed by atoms with van der Waals surface area (Å²) in [7, 11) is 0. The molecular formula is C8H9N5O3. The molecule has 0 amide bonds. The second kappa shape index (κ2) is 4.73. The van der Waals surface area contributed by atoms with Gasteiger partial charge in [-0.3, -0.25) is 15.5 Å². The van der Waals surface area contributed by atoms with Gasteiger partial charge in [-0.15, -0.1) is 0 Å². The van der Waals surface area contributed by atoms with Gasteiger partial charge in [0.2, 0.25) is 5.96 Å². The molecule has 16 heavy (non-hydrogen) atoms. The highest BCUT2D eigenvalue weighted by Gasteiger charge is 2.08. The van der Waals surface area contributed by atoms with Crippen molar-refractivity contribution < 1.29 is 10.0 Å². The first kappa shape index (κ1) is 11.4. The van der Waals surface area contributed by atoms with Crippen LogP contribution in [0.2, 0.25) is 0 Å². The molecular weight excluding hydrogens is 214 g/mol. The van der Waals surface area contributed by atoms with Crippen LogP contribution in [0.1, 0.15) is 5.56 Å². The number of nitrogens with two attached hydrogens (primary N) is 1. The van der Waals surface area contributed by atoms with Gasteiger partial charge < -0.3 is 10.8 Å². The van der Waals surface area contributed by atoms with E-state index in [4.69, 9.17) is 11.1 Å². The van der Waals surface area contributed by atoms with E-state index in [-0.39, 0.29) is 23.0 Å². The van der Waals surface area contributed by atoms with Crippen molar-refractivity contribution in [2.45, 2.75) is 0 Å². The molecule has 84 valence electrons. The fourth-order valence-corrected chi connectivity index (χ4v) is 0.930. The second-order valence-electron chi connectivity index (χ2n) is 2.78. The van der Waals surface area contributed by atoms with Gasteiger partial charge >= 0.3 is 0 Å². The van der Waals surface area contributed by atoms with Crippen LogP contribution >= 0.6 is 0 Å². The van der Waals surface area contributed by atoms with Crippen LogP contribution in [0.4, 0.5) is 5.69 Å². The van der Waals surface area contributed by atoms with E-state index in [2.05, 4.69) is 10.5 Å². The minimum absolute atomic E-state index is 0.153. The quantitative estimate of drug-likeness (QED) is 0.249. The van der Waals surface area contributed by atoms with E-state index in [1.54, 1.807) is 0 Å². The maximum absolute atomic E-state index is 10.5. The van der Waals surface area contributed by atoms with E-state index in [0.717, 1.165) is 12.3 Å². The van der Waals surface area contributed by atoms with Gasteiger partial charge in [-0.25, -0.2) is 5.43 Å². The van der Waals surface area contributed by atoms with Gasteiger partial charge in [0.15, 0.2) is 0 Å². The Labute approximate surface area is 90.0 Å². The van der Waals surface area contributed by atoms with Gasteiger partial charge in [-0.05, 0) is 6.07 Å². The summed E-state index contributed by atoms with van der Waals surface area (Å²) in [6.45, 7) is 0. The lowest BCUT2D eigenvalue weighted by Crippen LogP contribution is -2.25. The van der Waals surface area contributed by atoms with Gasteiger partial charge in [-0.1, -0.05) is 0 Å². The molecule has 0 saturated carbocycles. The lowest BCUT2D eigenvalue weighted by Gasteiger charge is -1.98. The minimum atomic E-state index is -0.588. The zero-order chi connectivity index (χ0) is 12.1. The molecule has 0 aliphatic heterocycles. The van der Waals surface area contributed by atoms with Crippen LogP contribution < -0.4 is 11.2 Å². The van der Waals surface area contributed by atoms with Crippen molar-refractivity contribution in [3.8, 4) is 5.75 Å². The van der Waals surface area contributed by atoms with E-state index >= 15 is 0 Å². The average Bonchev–Trinajstić information content (AvgIpc) is 2.20. The third-order valence-electron chi connectivity index (χ3n) is 1.61. The third kappa shape index (κ3) is 2.94. The average molecular weight is 223 g/mol. The molecule has 0 aromatic heterocycles. The molecule has 1 aromatic carbocycles. The maximum atomic E-state index is 10.5. The first-order chi connectivity index (χ1) is 7.50. The summed E-state index contributed by atoms with van der Waals surface area (Å²) in [5, 5.41) is 30.1. The van der Waals surface area contributed by atoms with Crippen molar-refractivity contribution >= 4 is 17.9 Å². The van der Waals surface area contributed by atoms with Crippen LogP contribution in [0.25, 0.3) is 0 Å². The highest BCUT2D eigenvalue weighted by Crippen LogP contribution is 2.20. The number of nitrogens with one attached hydrogen (secondary N) is 2. The molecule has 0 aliphatic rings. The van der Waals surface area contributed by atoms with Crippen LogP contribution in [0.5, 0.6) is 5.75 Å². The largest absolute Gasteiger partial charge is 0.507 e. The SMILES string of the molecule is N=C(N)N/N=C/c1cc([N+](=O)[O-])ccc1O. The van der Waals surface area contributed by atoms with E-state index in [0.29, 0.717) is 0 Å². The second-order valence-corrected chi connectivity index (χ2v) is 2.78. The predicted octanol–water partition coefficient (Wildman–Crippen LogP) is 0.117. The van der Waals surface area contributed by atoms with E-state index < -0.39 is 4.92 Å². The van der Waals surface area contributed by atoms with Gasteiger partial charge in [0.25, 0.3) is 5.69 Å². The molecule has 0 saturated heterocycles. The fourth-order valence-electron chi connectivity index (χ4n) is 0.930. The van der Waals surface area contributed by atoms with Crippen LogP contribution in [0, 0.1) is 15.5 Å². The van der Waals surface area contributed by atoms with Crippen molar-refractivity contribution in [2.24, 2.45) is 10.8 Å². The molecule has 1 rings (SSSR count). The number of nitro groups is 1. The first-order valence-electron chi connectivity index (χ1n) is 4.11. The Kier molecular flexibility index (Phi) is 3.38. The van der Waals surface area contributed by atoms with Gasteiger partial charge in [0.05, 0.1) is 11.1 Å². The summed E-state index contributed by atoms with van der Waals surface area (Å²) in [5.41, 5.74) is 7.07. The molecule has 0 atom stereocenters. The molecule has 8 heteroatoms. The Morgan fingerprint density at radius 2 is 2.38 bits per heavy atom. The minimum Gasteiger partial charge on any atom is -0.507 e. The molecule has 8 nitrogen and oxygen atoms in total. The Morgan fingerprint density at radius 3 is 2.94 bits per heavy atom. The summed E-state index contributed by atoms with van der Waals surface area (Å²) in [4.78, 5) is 9.87. The molecule has 1 aromatic rings. The smallest absolute Gasteiger partial charge is 0.270 e. The number of hydrogen-bond donors (Lipinski definition) is 4. The number of benzene rings is 1. The third-order valence-corrected chi connectivity index (χ3v) is 1.61. The zero-order valence-corrected chi connectivity index (χ0v) is 8.04. The molecule has 0 radical (unpaired) electrons. The normalized spacial score (nSPS) is 10.2. The predicted molar refractivity (Wildman–Crippen MR) is 57.4 cm³/mol. The lowest BCUT2D eigenvalue weighted by atomic mass is 10.2. The standard InChI is InChI=1S/C8H9N5O3/c9-8(10)12-11-4-5-3-6(13(15)16)1-2-7(5)14/h1-4,14H,(H4,9,10,12)/b11-4+. The molecule has 0 fully saturated rings. The fraction of sp³-hybridized carbons (Fsp3) is 0. The molecule has 5 N–H and O–H groups in total. The Morgan fingerprint density at radius 1 is 1.69 bits per heavy atom. The number of nitrogens with zero attached hydrogens (tertiary/aromatic N) is 2. The highest BCUT2D eigenvalue weighted by molar-refractivity contribution is 5.85. The number of guanidine groups is 1. The summed E-state index contributed by atoms with van der Waals surface area (Å²) in [6, 6.07) is 3.51. The topological polar surface area (TPSA) is 138 Å². The Balaban J connectivity index is 2.94. The number of rotatable bonds is 3. The van der Waals surface area contributed by atoms with Crippen molar-refractivity contribution in [3.05, 3.63) is 33.9 Å². The van der Waals surface area contributed by atoms with Crippen molar-refractivity contribution in [1.82, 2.24) is 5.43 Å². The van der Waals surface area contributed by atoms with E-state index in [1.807, 2.05) is 0 Å². The number of non-ortho nitro benzene ring substituents is 1. The number of hydrogen-bond acceptors (Lipinski definition) is 5. The van der Waals surface area contributed by atoms with E-state index in [9.17, 15) is 15.2 Å². The van der Waals surface area contributed by atoms with Gasteiger partial charge in [0, 0.05) is 17.7 Å². The molecule has 0 aliphatic carbocycles. The van der Waals surface area contributed by atoms with Crippen molar-refractivity contribution in [3.63, 3.8) is 0 Å². The molecule has 0 heterocycles. The van der Waals surface area contributed by atoms with Crippen LogP contribution in [0.15, 0.2) is 23.3 Å². The van der Waals surface area contributed by atoms with Crippen LogP contribution in [-0.4, -0.2) is 22.2 Å². The van der Waals surface area contributed by atoms with Gasteiger partial charge in [-0.2, -0.15) is 5.10 Å². The Bertz CT molecular complexity index is 457.